The van der Waals surface area contributed by atoms with E-state index >= 15 is 0 Å². The van der Waals surface area contributed by atoms with Gasteiger partial charge in [0.1, 0.15) is 22.8 Å². The Morgan fingerprint density at radius 3 is 2.21 bits per heavy atom. The Kier molecular flexibility index (Phi) is 12.9. The number of halogens is 1. The summed E-state index contributed by atoms with van der Waals surface area (Å²) in [6.45, 7) is 12.3. The number of amides is 2. The summed E-state index contributed by atoms with van der Waals surface area (Å²) in [4.78, 5) is 41.8. The normalized spacial score (nSPS) is 20.2. The standard InChI is InChI=1S/C35H50FN2O9P/c1-9-45-48(43)20-19-37(23-26-15-16-27(36)22-29(26)25-13-12-14-28(21-25)44-8)24-35(48,30(39)40)17-10-11-18-38(31(41)46-33(2,3)4)32(42)47-34(5,6)7/h12-16,21-22H,9-11,17-20,23-24H2,1-8H3,(H,39,40)/t35-,48?/m0/s1. The van der Waals surface area contributed by atoms with Crippen molar-refractivity contribution in [1.29, 1.82) is 0 Å². The molecular weight excluding hydrogens is 642 g/mol. The molecule has 1 aliphatic rings. The predicted octanol–water partition coefficient (Wildman–Crippen LogP) is 7.80. The van der Waals surface area contributed by atoms with E-state index in [-0.39, 0.29) is 51.7 Å². The second kappa shape index (κ2) is 15.8. The summed E-state index contributed by atoms with van der Waals surface area (Å²) in [6.07, 6.45) is -1.34. The van der Waals surface area contributed by atoms with E-state index in [1.165, 1.54) is 12.1 Å². The van der Waals surface area contributed by atoms with E-state index in [1.54, 1.807) is 73.8 Å². The molecule has 0 aromatic heterocycles. The molecule has 3 rings (SSSR count). The van der Waals surface area contributed by atoms with Gasteiger partial charge in [-0.25, -0.2) is 18.9 Å². The molecule has 0 bridgehead atoms. The van der Waals surface area contributed by atoms with Gasteiger partial charge >= 0.3 is 18.2 Å². The molecule has 11 nitrogen and oxygen atoms in total. The van der Waals surface area contributed by atoms with Crippen molar-refractivity contribution in [3.05, 3.63) is 53.8 Å². The minimum absolute atomic E-state index is 0.0186. The number of nitrogens with zero attached hydrogens (tertiary/aromatic N) is 2. The molecule has 0 spiro atoms. The van der Waals surface area contributed by atoms with E-state index < -0.39 is 47.7 Å². The van der Waals surface area contributed by atoms with Gasteiger partial charge in [-0.3, -0.25) is 14.3 Å². The zero-order valence-corrected chi connectivity index (χ0v) is 30.2. The second-order valence-electron chi connectivity index (χ2n) is 14.0. The molecule has 2 aromatic rings. The third-order valence-electron chi connectivity index (χ3n) is 7.88. The van der Waals surface area contributed by atoms with Crippen LogP contribution in [-0.4, -0.2) is 88.9 Å². The van der Waals surface area contributed by atoms with Crippen molar-refractivity contribution in [1.82, 2.24) is 9.80 Å². The molecule has 2 atom stereocenters. The first-order chi connectivity index (χ1) is 22.3. The highest BCUT2D eigenvalue weighted by Crippen LogP contribution is 2.63. The second-order valence-corrected chi connectivity index (χ2v) is 16.9. The zero-order chi connectivity index (χ0) is 35.9. The van der Waals surface area contributed by atoms with Crippen molar-refractivity contribution in [3.63, 3.8) is 0 Å². The first kappa shape index (κ1) is 39.0. The van der Waals surface area contributed by atoms with Crippen molar-refractivity contribution in [2.45, 2.75) is 90.6 Å². The number of carbonyl (C=O) groups excluding carboxylic acids is 2. The molecule has 2 amide bonds. The van der Waals surface area contributed by atoms with Gasteiger partial charge in [-0.05, 0) is 109 Å². The lowest BCUT2D eigenvalue weighted by molar-refractivity contribution is -0.141. The van der Waals surface area contributed by atoms with Gasteiger partial charge in [0.05, 0.1) is 13.7 Å². The number of carboxylic acid groups (broad SMARTS) is 1. The summed E-state index contributed by atoms with van der Waals surface area (Å²) in [7, 11) is -2.16. The van der Waals surface area contributed by atoms with Crippen LogP contribution in [0, 0.1) is 5.82 Å². The van der Waals surface area contributed by atoms with Crippen LogP contribution in [0.2, 0.25) is 0 Å². The number of carbonyl (C=O) groups is 3. The summed E-state index contributed by atoms with van der Waals surface area (Å²) in [6, 6.07) is 11.7. The van der Waals surface area contributed by atoms with Crippen LogP contribution in [0.15, 0.2) is 42.5 Å². The Hall–Kier alpha value is -3.47. The lowest BCUT2D eigenvalue weighted by Gasteiger charge is -2.45. The number of benzene rings is 2. The molecule has 13 heteroatoms. The zero-order valence-electron chi connectivity index (χ0n) is 29.3. The average Bonchev–Trinajstić information content (AvgIpc) is 2.97. The Balaban J connectivity index is 1.86. The first-order valence-corrected chi connectivity index (χ1v) is 18.0. The minimum atomic E-state index is -3.71. The smallest absolute Gasteiger partial charge is 0.419 e. The lowest BCUT2D eigenvalue weighted by Crippen LogP contribution is -2.54. The maximum Gasteiger partial charge on any atom is 0.419 e. The molecule has 266 valence electrons. The van der Waals surface area contributed by atoms with Gasteiger partial charge < -0.3 is 23.8 Å². The van der Waals surface area contributed by atoms with Gasteiger partial charge in [0.15, 0.2) is 5.16 Å². The SMILES string of the molecule is CCOP1(=O)CCN(Cc2ccc(F)cc2-c2cccc(OC)c2)C[C@@]1(CCCCN(C(=O)OC(C)(C)C)C(=O)OC(C)(C)C)C(=O)O. The average molecular weight is 693 g/mol. The number of hydrogen-bond donors (Lipinski definition) is 1. The number of imide groups is 1. The van der Waals surface area contributed by atoms with Crippen LogP contribution in [0.3, 0.4) is 0 Å². The van der Waals surface area contributed by atoms with Crippen LogP contribution in [-0.2, 0) is 29.9 Å². The van der Waals surface area contributed by atoms with Gasteiger partial charge in [-0.15, -0.1) is 0 Å². The first-order valence-electron chi connectivity index (χ1n) is 16.2. The highest BCUT2D eigenvalue weighted by atomic mass is 31.2. The molecule has 1 heterocycles. The summed E-state index contributed by atoms with van der Waals surface area (Å²) < 4.78 is 50.8. The van der Waals surface area contributed by atoms with Gasteiger partial charge in [0.2, 0.25) is 7.37 Å². The van der Waals surface area contributed by atoms with Crippen LogP contribution in [0.25, 0.3) is 11.1 Å². The third kappa shape index (κ3) is 10.0. The van der Waals surface area contributed by atoms with Gasteiger partial charge in [0, 0.05) is 32.3 Å². The number of ether oxygens (including phenoxy) is 3. The van der Waals surface area contributed by atoms with Crippen LogP contribution >= 0.6 is 7.37 Å². The summed E-state index contributed by atoms with van der Waals surface area (Å²) in [5, 5.41) is 8.95. The summed E-state index contributed by atoms with van der Waals surface area (Å²) in [5.41, 5.74) is 0.416. The van der Waals surface area contributed by atoms with Crippen molar-refractivity contribution in [2.75, 3.05) is 39.5 Å². The lowest BCUT2D eigenvalue weighted by atomic mass is 9.96. The van der Waals surface area contributed by atoms with Crippen molar-refractivity contribution in [3.8, 4) is 16.9 Å². The van der Waals surface area contributed by atoms with Crippen molar-refractivity contribution in [2.24, 2.45) is 0 Å². The number of hydrogen-bond acceptors (Lipinski definition) is 9. The number of rotatable bonds is 12. The maximum absolute atomic E-state index is 14.5. The number of carboxylic acids is 1. The van der Waals surface area contributed by atoms with Crippen LogP contribution < -0.4 is 4.74 Å². The minimum Gasteiger partial charge on any atom is -0.497 e. The van der Waals surface area contributed by atoms with Gasteiger partial charge in [-0.1, -0.05) is 18.2 Å². The summed E-state index contributed by atoms with van der Waals surface area (Å²) >= 11 is 0. The van der Waals surface area contributed by atoms with Crippen LogP contribution in [0.5, 0.6) is 5.75 Å². The Bertz CT molecular complexity index is 1480. The van der Waals surface area contributed by atoms with Gasteiger partial charge in [0.25, 0.3) is 0 Å². The Morgan fingerprint density at radius 2 is 1.65 bits per heavy atom. The van der Waals surface area contributed by atoms with E-state index in [0.29, 0.717) is 17.9 Å². The van der Waals surface area contributed by atoms with E-state index in [4.69, 9.17) is 18.7 Å². The molecule has 48 heavy (non-hydrogen) atoms. The molecule has 1 N–H and O–H groups in total. The Labute approximate surface area is 283 Å². The quantitative estimate of drug-likeness (QED) is 0.174. The number of aliphatic carboxylic acids is 1. The fourth-order valence-electron chi connectivity index (χ4n) is 5.71. The predicted molar refractivity (Wildman–Crippen MR) is 181 cm³/mol. The topological polar surface area (TPSA) is 132 Å². The number of methoxy groups -OCH3 is 1. The van der Waals surface area contributed by atoms with E-state index in [0.717, 1.165) is 16.0 Å². The molecule has 1 aliphatic heterocycles. The molecule has 0 radical (unpaired) electrons. The van der Waals surface area contributed by atoms with E-state index in [2.05, 4.69) is 0 Å². The van der Waals surface area contributed by atoms with E-state index in [9.17, 15) is 28.4 Å². The summed E-state index contributed by atoms with van der Waals surface area (Å²) in [5.74, 6) is -1.05. The fourth-order valence-corrected chi connectivity index (χ4v) is 8.68. The largest absolute Gasteiger partial charge is 0.497 e. The van der Waals surface area contributed by atoms with Crippen molar-refractivity contribution >= 4 is 25.5 Å². The van der Waals surface area contributed by atoms with Crippen LogP contribution in [0.1, 0.15) is 73.3 Å². The Morgan fingerprint density at radius 1 is 1.00 bits per heavy atom. The molecule has 1 fully saturated rings. The monoisotopic (exact) mass is 692 g/mol. The molecule has 1 saturated heterocycles. The van der Waals surface area contributed by atoms with Gasteiger partial charge in [-0.2, -0.15) is 0 Å². The maximum atomic E-state index is 14.5. The van der Waals surface area contributed by atoms with Crippen molar-refractivity contribution < 1.29 is 47.2 Å². The highest BCUT2D eigenvalue weighted by Gasteiger charge is 2.58. The third-order valence-corrected chi connectivity index (χ3v) is 11.2. The molecule has 0 saturated carbocycles. The number of unbranched alkanes of at least 4 members (excludes halogenated alkanes) is 1. The molecule has 2 aromatic carbocycles. The van der Waals surface area contributed by atoms with E-state index in [1.807, 2.05) is 17.0 Å². The molecule has 1 unspecified atom stereocenters. The van der Waals surface area contributed by atoms with Crippen LogP contribution in [0.4, 0.5) is 14.0 Å². The highest BCUT2D eigenvalue weighted by molar-refractivity contribution is 7.62. The molecule has 0 aliphatic carbocycles. The molecular formula is C35H50FN2O9P. The fraction of sp³-hybridized carbons (Fsp3) is 0.571.